The normalized spacial score (nSPS) is 13.1. The van der Waals surface area contributed by atoms with Gasteiger partial charge < -0.3 is 0 Å². The van der Waals surface area contributed by atoms with Gasteiger partial charge in [-0.25, -0.2) is 0 Å². The van der Waals surface area contributed by atoms with Crippen molar-refractivity contribution in [3.05, 3.63) is 200 Å². The van der Waals surface area contributed by atoms with E-state index in [9.17, 15) is 0 Å². The number of thiophene rings is 1. The molecule has 0 N–H and O–H groups in total. The molecule has 3 nitrogen and oxygen atoms in total. The van der Waals surface area contributed by atoms with Crippen LogP contribution in [0.1, 0.15) is 0 Å². The minimum atomic E-state index is -3.67. The Balaban J connectivity index is 1.15. The molecule has 1 aliphatic rings. The van der Waals surface area contributed by atoms with E-state index >= 15 is 0 Å². The summed E-state index contributed by atoms with van der Waals surface area (Å²) in [5.41, 5.74) is 8.95. The van der Waals surface area contributed by atoms with E-state index in [0.29, 0.717) is 0 Å². The van der Waals surface area contributed by atoms with Gasteiger partial charge in [-0.15, -0.1) is 0 Å². The van der Waals surface area contributed by atoms with E-state index in [0.717, 1.165) is 28.3 Å². The Hall–Kier alpha value is -6.60. The van der Waals surface area contributed by atoms with Gasteiger partial charge in [0, 0.05) is 0 Å². The summed E-state index contributed by atoms with van der Waals surface area (Å²) in [5, 5.41) is 5.20. The monoisotopic (exact) mass is 805 g/mol. The topological polar surface area (TPSA) is 30.7 Å². The predicted octanol–water partition coefficient (Wildman–Crippen LogP) is 10.6. The van der Waals surface area contributed by atoms with Crippen LogP contribution in [0.4, 0.5) is 0 Å². The zero-order valence-electron chi connectivity index (χ0n) is 30.8. The average Bonchev–Trinajstić information content (AvgIpc) is 3.93. The molecule has 0 amide bonds. The van der Waals surface area contributed by atoms with Crippen molar-refractivity contribution < 1.29 is 0 Å². The van der Waals surface area contributed by atoms with Crippen LogP contribution >= 0.6 is 11.3 Å². The second kappa shape index (κ2) is 12.7. The molecule has 57 heavy (non-hydrogen) atoms. The van der Waals surface area contributed by atoms with E-state index in [2.05, 4.69) is 205 Å². The van der Waals surface area contributed by atoms with Crippen LogP contribution in [0.5, 0.6) is 0 Å². The molecule has 5 heteroatoms. The van der Waals surface area contributed by atoms with Gasteiger partial charge in [0.05, 0.1) is 0 Å². The Bertz CT molecular complexity index is 3310. The number of hydrogen-bond donors (Lipinski definition) is 0. The van der Waals surface area contributed by atoms with Crippen LogP contribution in [0.15, 0.2) is 200 Å². The maximum absolute atomic E-state index is 5.81. The summed E-state index contributed by atoms with van der Waals surface area (Å²) >= 11 is -1.80. The average molecular weight is 805 g/mol. The number of hydrogen-bond acceptors (Lipinski definition) is 3. The Morgan fingerprint density at radius 1 is 0.456 bits per heavy atom. The molecular formula is C52H33GeN3S. The van der Waals surface area contributed by atoms with Gasteiger partial charge in [0.15, 0.2) is 0 Å². The second-order valence-corrected chi connectivity index (χ2v) is 23.6. The quantitative estimate of drug-likeness (QED) is 0.162. The molecular weight excluding hydrogens is 771 g/mol. The molecule has 11 aromatic rings. The number of rotatable bonds is 5. The van der Waals surface area contributed by atoms with Crippen molar-refractivity contribution in [3.63, 3.8) is 0 Å². The van der Waals surface area contributed by atoms with Crippen molar-refractivity contribution in [2.24, 2.45) is 0 Å². The molecule has 266 valence electrons. The minimum absolute atomic E-state index is 0.746. The molecule has 0 radical (unpaired) electrons. The SMILES string of the molecule is c1ccc(-c2nc(-c3cccc(-n4c5ccccc5c5c6c(ccc54)sc4ccccc46)c3)n[c]3c2-c2cccc[c]2[Ge]3([c]2ccccc2)[c]2ccccc2)cc1. The number of para-hydroxylation sites is 1. The molecule has 0 spiro atoms. The molecule has 0 saturated heterocycles. The van der Waals surface area contributed by atoms with Crippen LogP contribution in [-0.4, -0.2) is 27.8 Å². The van der Waals surface area contributed by atoms with Gasteiger partial charge in [-0.3, -0.25) is 0 Å². The number of benzene rings is 8. The Morgan fingerprint density at radius 2 is 1.11 bits per heavy atom. The summed E-state index contributed by atoms with van der Waals surface area (Å²) in [6.45, 7) is 0. The number of fused-ring (bicyclic) bond motifs is 10. The molecule has 0 atom stereocenters. The van der Waals surface area contributed by atoms with Gasteiger partial charge >= 0.3 is 320 Å². The van der Waals surface area contributed by atoms with E-state index in [1.165, 1.54) is 70.8 Å². The van der Waals surface area contributed by atoms with Gasteiger partial charge in [-0.05, 0) is 6.07 Å². The molecule has 3 aromatic heterocycles. The van der Waals surface area contributed by atoms with Crippen molar-refractivity contribution in [2.45, 2.75) is 0 Å². The molecule has 8 aromatic carbocycles. The van der Waals surface area contributed by atoms with Gasteiger partial charge in [-0.1, -0.05) is 12.1 Å². The van der Waals surface area contributed by atoms with Gasteiger partial charge in [0.1, 0.15) is 0 Å². The molecule has 0 saturated carbocycles. The van der Waals surface area contributed by atoms with Gasteiger partial charge in [0.2, 0.25) is 0 Å². The molecule has 0 unspecified atom stereocenters. The summed E-state index contributed by atoms with van der Waals surface area (Å²) < 4.78 is 10.4. The Morgan fingerprint density at radius 3 is 1.89 bits per heavy atom. The molecule has 0 fully saturated rings. The molecule has 4 heterocycles. The number of aromatic nitrogens is 3. The fourth-order valence-electron chi connectivity index (χ4n) is 9.54. The fraction of sp³-hybridized carbons (Fsp3) is 0. The Labute approximate surface area is 336 Å². The van der Waals surface area contributed by atoms with Crippen molar-refractivity contribution in [2.75, 3.05) is 0 Å². The second-order valence-electron chi connectivity index (χ2n) is 14.8. The van der Waals surface area contributed by atoms with Crippen LogP contribution in [0.25, 0.3) is 81.4 Å². The van der Waals surface area contributed by atoms with E-state index in [4.69, 9.17) is 9.97 Å². The van der Waals surface area contributed by atoms with E-state index in [1.807, 2.05) is 11.3 Å². The first kappa shape index (κ1) is 32.6. The zero-order valence-corrected chi connectivity index (χ0v) is 33.7. The molecule has 12 rings (SSSR count). The third kappa shape index (κ3) is 4.72. The zero-order chi connectivity index (χ0) is 37.5. The van der Waals surface area contributed by atoms with Crippen LogP contribution in [-0.2, 0) is 0 Å². The fourth-order valence-corrected chi connectivity index (χ4v) is 21.2. The van der Waals surface area contributed by atoms with E-state index in [1.54, 1.807) is 0 Å². The van der Waals surface area contributed by atoms with Crippen molar-refractivity contribution in [1.29, 1.82) is 0 Å². The van der Waals surface area contributed by atoms with Crippen LogP contribution in [0.2, 0.25) is 0 Å². The van der Waals surface area contributed by atoms with Crippen LogP contribution in [0, 0.1) is 0 Å². The van der Waals surface area contributed by atoms with Crippen molar-refractivity contribution >= 4 is 84.3 Å². The first-order chi connectivity index (χ1) is 28.3. The third-order valence-corrected chi connectivity index (χ3v) is 22.9. The summed E-state index contributed by atoms with van der Waals surface area (Å²) in [6.07, 6.45) is 0. The summed E-state index contributed by atoms with van der Waals surface area (Å²) in [7, 11) is 0. The summed E-state index contributed by atoms with van der Waals surface area (Å²) in [4.78, 5) is 11.4. The third-order valence-electron chi connectivity index (χ3n) is 11.9. The summed E-state index contributed by atoms with van der Waals surface area (Å²) in [5.74, 6) is 0.746. The van der Waals surface area contributed by atoms with Crippen molar-refractivity contribution in [1.82, 2.24) is 14.5 Å². The first-order valence-corrected chi connectivity index (χ1v) is 24.4. The Kier molecular flexibility index (Phi) is 7.28. The van der Waals surface area contributed by atoms with Gasteiger partial charge in [-0.2, -0.15) is 0 Å². The predicted molar refractivity (Wildman–Crippen MR) is 243 cm³/mol. The van der Waals surface area contributed by atoms with E-state index < -0.39 is 13.3 Å². The number of nitrogens with zero attached hydrogens (tertiary/aromatic N) is 3. The molecule has 0 bridgehead atoms. The van der Waals surface area contributed by atoms with Gasteiger partial charge in [0.25, 0.3) is 0 Å². The van der Waals surface area contributed by atoms with Crippen LogP contribution in [0.3, 0.4) is 0 Å². The van der Waals surface area contributed by atoms with Crippen molar-refractivity contribution in [3.8, 4) is 39.5 Å². The summed E-state index contributed by atoms with van der Waals surface area (Å²) in [6, 6.07) is 73.2. The first-order valence-electron chi connectivity index (χ1n) is 19.4. The molecule has 0 aliphatic carbocycles. The standard InChI is InChI=1S/C52H33GeN3S/c1-4-17-34(18-5-1)50-49-39-25-10-13-28-42(39)53(36-20-6-2-7-21-36,37-22-8-3-9-23-37)51(49)55-52(54-50)35-19-16-24-38(33-35)56-43-29-14-11-26-40(43)47-44(56)31-32-46-48(47)41-27-12-15-30-45(41)57-46/h1-33H. The molecule has 1 aliphatic heterocycles. The van der Waals surface area contributed by atoms with Crippen LogP contribution < -0.4 is 17.7 Å². The van der Waals surface area contributed by atoms with E-state index in [-0.39, 0.29) is 0 Å². The maximum atomic E-state index is 5.81.